The van der Waals surface area contributed by atoms with Gasteiger partial charge < -0.3 is 20.3 Å². The molecule has 0 radical (unpaired) electrons. The fourth-order valence-corrected chi connectivity index (χ4v) is 2.58. The number of hydrogen-bond acceptors (Lipinski definition) is 4. The first-order valence-electron chi connectivity index (χ1n) is 6.13. The summed E-state index contributed by atoms with van der Waals surface area (Å²) in [4.78, 5) is 0. The molecule has 2 aromatic rings. The molecule has 0 bridgehead atoms. The molecule has 112 valence electrons. The third-order valence-electron chi connectivity index (χ3n) is 3.15. The molecule has 2 aromatic carbocycles. The Morgan fingerprint density at radius 2 is 1.76 bits per heavy atom. The molecule has 0 saturated heterocycles. The molecule has 1 unspecified atom stereocenters. The topological polar surface area (TPSA) is 64.7 Å². The van der Waals surface area contributed by atoms with Gasteiger partial charge in [0.05, 0.1) is 19.2 Å². The third kappa shape index (κ3) is 3.02. The lowest BCUT2D eigenvalue weighted by molar-refractivity contribution is 0.220. The standard InChI is InChI=1S/C15H15Cl2NO3/c1-20-12-6-4-9(13(17)15(12)21-2)14(19)10-7-8(16)3-5-11(10)18/h3-7,14,19H,18H2,1-2H3. The van der Waals surface area contributed by atoms with E-state index in [2.05, 4.69) is 0 Å². The lowest BCUT2D eigenvalue weighted by Gasteiger charge is -2.18. The van der Waals surface area contributed by atoms with E-state index in [4.69, 9.17) is 38.4 Å². The molecule has 1 atom stereocenters. The number of nitrogens with two attached hydrogens (primary N) is 1. The summed E-state index contributed by atoms with van der Waals surface area (Å²) in [6.45, 7) is 0. The maximum Gasteiger partial charge on any atom is 0.179 e. The summed E-state index contributed by atoms with van der Waals surface area (Å²) in [7, 11) is 2.99. The van der Waals surface area contributed by atoms with Crippen LogP contribution < -0.4 is 15.2 Å². The van der Waals surface area contributed by atoms with Crippen LogP contribution >= 0.6 is 23.2 Å². The number of aliphatic hydroxyl groups excluding tert-OH is 1. The Kier molecular flexibility index (Phi) is 4.83. The van der Waals surface area contributed by atoms with Gasteiger partial charge in [0.1, 0.15) is 6.10 Å². The number of benzene rings is 2. The van der Waals surface area contributed by atoms with Crippen LogP contribution in [0, 0.1) is 0 Å². The van der Waals surface area contributed by atoms with Crippen molar-refractivity contribution in [3.63, 3.8) is 0 Å². The average Bonchev–Trinajstić information content (AvgIpc) is 2.48. The van der Waals surface area contributed by atoms with Crippen molar-refractivity contribution in [2.24, 2.45) is 0 Å². The van der Waals surface area contributed by atoms with Crippen LogP contribution in [-0.4, -0.2) is 19.3 Å². The first kappa shape index (κ1) is 15.8. The van der Waals surface area contributed by atoms with Gasteiger partial charge in [-0.1, -0.05) is 29.3 Å². The van der Waals surface area contributed by atoms with Crippen molar-refractivity contribution >= 4 is 28.9 Å². The summed E-state index contributed by atoms with van der Waals surface area (Å²) >= 11 is 12.2. The second kappa shape index (κ2) is 6.43. The zero-order valence-electron chi connectivity index (χ0n) is 11.6. The number of rotatable bonds is 4. The van der Waals surface area contributed by atoms with E-state index in [1.807, 2.05) is 0 Å². The summed E-state index contributed by atoms with van der Waals surface area (Å²) < 4.78 is 10.4. The summed E-state index contributed by atoms with van der Waals surface area (Å²) in [5.41, 5.74) is 7.26. The number of methoxy groups -OCH3 is 2. The van der Waals surface area contributed by atoms with E-state index in [-0.39, 0.29) is 5.02 Å². The van der Waals surface area contributed by atoms with E-state index in [0.717, 1.165) is 0 Å². The Morgan fingerprint density at radius 3 is 2.38 bits per heavy atom. The van der Waals surface area contributed by atoms with Crippen LogP contribution in [-0.2, 0) is 0 Å². The monoisotopic (exact) mass is 327 g/mol. The minimum atomic E-state index is -1.02. The van der Waals surface area contributed by atoms with Gasteiger partial charge in [0.15, 0.2) is 11.5 Å². The molecule has 21 heavy (non-hydrogen) atoms. The van der Waals surface area contributed by atoms with E-state index in [1.165, 1.54) is 14.2 Å². The Balaban J connectivity index is 2.53. The number of aliphatic hydroxyl groups is 1. The van der Waals surface area contributed by atoms with Crippen LogP contribution in [0.5, 0.6) is 11.5 Å². The highest BCUT2D eigenvalue weighted by molar-refractivity contribution is 6.33. The molecule has 0 aromatic heterocycles. The van der Waals surface area contributed by atoms with Crippen molar-refractivity contribution in [1.82, 2.24) is 0 Å². The molecule has 0 spiro atoms. The summed E-state index contributed by atoms with van der Waals surface area (Å²) in [5.74, 6) is 0.842. The van der Waals surface area contributed by atoms with Crippen molar-refractivity contribution in [3.8, 4) is 11.5 Å². The molecule has 0 amide bonds. The van der Waals surface area contributed by atoms with Crippen molar-refractivity contribution in [2.75, 3.05) is 20.0 Å². The molecule has 3 N–H and O–H groups in total. The maximum atomic E-state index is 10.5. The largest absolute Gasteiger partial charge is 0.493 e. The van der Waals surface area contributed by atoms with E-state index in [1.54, 1.807) is 30.3 Å². The van der Waals surface area contributed by atoms with Crippen LogP contribution in [0.4, 0.5) is 5.69 Å². The Morgan fingerprint density at radius 1 is 1.05 bits per heavy atom. The quantitative estimate of drug-likeness (QED) is 0.841. The second-order valence-corrected chi connectivity index (χ2v) is 5.19. The number of hydrogen-bond donors (Lipinski definition) is 2. The van der Waals surface area contributed by atoms with Crippen LogP contribution in [0.25, 0.3) is 0 Å². The smallest absolute Gasteiger partial charge is 0.179 e. The lowest BCUT2D eigenvalue weighted by atomic mass is 9.99. The highest BCUT2D eigenvalue weighted by atomic mass is 35.5. The first-order chi connectivity index (χ1) is 9.99. The molecule has 0 aliphatic heterocycles. The second-order valence-electron chi connectivity index (χ2n) is 4.38. The highest BCUT2D eigenvalue weighted by Crippen LogP contribution is 2.42. The summed E-state index contributed by atoms with van der Waals surface area (Å²) in [5, 5.41) is 11.3. The van der Waals surface area contributed by atoms with Crippen molar-refractivity contribution in [1.29, 1.82) is 0 Å². The minimum absolute atomic E-state index is 0.267. The summed E-state index contributed by atoms with van der Waals surface area (Å²) in [6.07, 6.45) is -1.02. The Hall–Kier alpha value is -1.62. The first-order valence-corrected chi connectivity index (χ1v) is 6.88. The van der Waals surface area contributed by atoms with Gasteiger partial charge in [0, 0.05) is 21.8 Å². The van der Waals surface area contributed by atoms with E-state index < -0.39 is 6.10 Å². The van der Waals surface area contributed by atoms with Crippen LogP contribution in [0.3, 0.4) is 0 Å². The van der Waals surface area contributed by atoms with Gasteiger partial charge in [-0.05, 0) is 24.3 Å². The number of ether oxygens (including phenoxy) is 2. The molecule has 0 saturated carbocycles. The predicted octanol–water partition coefficient (Wildman–Crippen LogP) is 3.67. The van der Waals surface area contributed by atoms with Crippen molar-refractivity contribution < 1.29 is 14.6 Å². The van der Waals surface area contributed by atoms with Crippen LogP contribution in [0.2, 0.25) is 10.0 Å². The fourth-order valence-electron chi connectivity index (χ4n) is 2.07. The van der Waals surface area contributed by atoms with E-state index in [9.17, 15) is 5.11 Å². The van der Waals surface area contributed by atoms with Crippen molar-refractivity contribution in [2.45, 2.75) is 6.10 Å². The zero-order valence-corrected chi connectivity index (χ0v) is 13.1. The Labute approximate surface area is 133 Å². The van der Waals surface area contributed by atoms with Crippen molar-refractivity contribution in [3.05, 3.63) is 51.5 Å². The van der Waals surface area contributed by atoms with Gasteiger partial charge in [-0.25, -0.2) is 0 Å². The molecule has 0 fully saturated rings. The van der Waals surface area contributed by atoms with Gasteiger partial charge in [-0.3, -0.25) is 0 Å². The SMILES string of the molecule is COc1ccc(C(O)c2cc(Cl)ccc2N)c(Cl)c1OC. The molecular weight excluding hydrogens is 313 g/mol. The van der Waals surface area contributed by atoms with Gasteiger partial charge in [-0.2, -0.15) is 0 Å². The highest BCUT2D eigenvalue weighted by Gasteiger charge is 2.21. The fraction of sp³-hybridized carbons (Fsp3) is 0.200. The minimum Gasteiger partial charge on any atom is -0.493 e. The molecule has 4 nitrogen and oxygen atoms in total. The number of halogens is 2. The van der Waals surface area contributed by atoms with Crippen LogP contribution in [0.15, 0.2) is 30.3 Å². The molecule has 0 aliphatic rings. The third-order valence-corrected chi connectivity index (χ3v) is 3.78. The van der Waals surface area contributed by atoms with E-state index >= 15 is 0 Å². The lowest BCUT2D eigenvalue weighted by Crippen LogP contribution is -2.05. The van der Waals surface area contributed by atoms with Crippen LogP contribution in [0.1, 0.15) is 17.2 Å². The maximum absolute atomic E-state index is 10.5. The predicted molar refractivity (Wildman–Crippen MR) is 84.5 cm³/mol. The molecule has 0 heterocycles. The van der Waals surface area contributed by atoms with Gasteiger partial charge in [0.25, 0.3) is 0 Å². The normalized spacial score (nSPS) is 12.0. The molecular formula is C15H15Cl2NO3. The Bertz CT molecular complexity index is 662. The average molecular weight is 328 g/mol. The number of nitrogen functional groups attached to an aromatic ring is 1. The zero-order chi connectivity index (χ0) is 15.6. The van der Waals surface area contributed by atoms with Gasteiger partial charge >= 0.3 is 0 Å². The number of anilines is 1. The molecule has 6 heteroatoms. The van der Waals surface area contributed by atoms with Gasteiger partial charge in [0.2, 0.25) is 0 Å². The molecule has 2 rings (SSSR count). The summed E-state index contributed by atoms with van der Waals surface area (Å²) in [6, 6.07) is 8.23. The van der Waals surface area contributed by atoms with Gasteiger partial charge in [-0.15, -0.1) is 0 Å². The molecule has 0 aliphatic carbocycles. The van der Waals surface area contributed by atoms with E-state index in [0.29, 0.717) is 33.3 Å².